The normalized spacial score (nSPS) is 27.5. The molecule has 0 saturated heterocycles. The Morgan fingerprint density at radius 1 is 1.05 bits per heavy atom. The summed E-state index contributed by atoms with van der Waals surface area (Å²) < 4.78 is 0. The standard InChI is InChI=1S/C21H26O/c22-20(15-17-9-3-1-4-10-17)16-19-13-7-8-14-21(19)18-11-5-2-6-12-18/h2-3,5,7-9,11,14,17,19H,1,4,6,10,12-13,15-16H2. The molecule has 2 unspecified atom stereocenters. The van der Waals surface area contributed by atoms with Crippen molar-refractivity contribution < 1.29 is 4.79 Å². The molecule has 0 aromatic heterocycles. The van der Waals surface area contributed by atoms with Gasteiger partial charge < -0.3 is 0 Å². The highest BCUT2D eigenvalue weighted by Crippen LogP contribution is 2.34. The van der Waals surface area contributed by atoms with Gasteiger partial charge in [0.15, 0.2) is 0 Å². The van der Waals surface area contributed by atoms with Crippen LogP contribution in [-0.4, -0.2) is 5.78 Å². The molecule has 0 fully saturated rings. The molecule has 0 spiro atoms. The minimum atomic E-state index is 0.392. The molecule has 0 amide bonds. The summed E-state index contributed by atoms with van der Waals surface area (Å²) in [5, 5.41) is 0. The van der Waals surface area contributed by atoms with Crippen LogP contribution in [0.15, 0.2) is 59.8 Å². The number of hydrogen-bond acceptors (Lipinski definition) is 1. The van der Waals surface area contributed by atoms with Gasteiger partial charge >= 0.3 is 0 Å². The van der Waals surface area contributed by atoms with Crippen molar-refractivity contribution in [2.75, 3.05) is 0 Å². The van der Waals surface area contributed by atoms with Crippen molar-refractivity contribution in [3.63, 3.8) is 0 Å². The van der Waals surface area contributed by atoms with Gasteiger partial charge in [0.05, 0.1) is 0 Å². The summed E-state index contributed by atoms with van der Waals surface area (Å²) in [6, 6.07) is 0. The van der Waals surface area contributed by atoms with Gasteiger partial charge in [-0.3, -0.25) is 4.79 Å². The first-order valence-electron chi connectivity index (χ1n) is 8.74. The van der Waals surface area contributed by atoms with Gasteiger partial charge in [-0.2, -0.15) is 0 Å². The van der Waals surface area contributed by atoms with Crippen LogP contribution < -0.4 is 0 Å². The largest absolute Gasteiger partial charge is 0.300 e. The highest BCUT2D eigenvalue weighted by atomic mass is 16.1. The molecule has 0 radical (unpaired) electrons. The molecule has 22 heavy (non-hydrogen) atoms. The Morgan fingerprint density at radius 2 is 1.95 bits per heavy atom. The van der Waals surface area contributed by atoms with E-state index in [0.29, 0.717) is 24.0 Å². The Hall–Kier alpha value is -1.63. The summed E-state index contributed by atoms with van der Waals surface area (Å²) in [7, 11) is 0. The van der Waals surface area contributed by atoms with Crippen LogP contribution in [0.3, 0.4) is 0 Å². The van der Waals surface area contributed by atoms with Gasteiger partial charge in [0, 0.05) is 12.8 Å². The van der Waals surface area contributed by atoms with E-state index in [2.05, 4.69) is 48.6 Å². The number of hydrogen-bond donors (Lipinski definition) is 0. The third kappa shape index (κ3) is 3.97. The molecule has 0 aliphatic heterocycles. The first-order valence-corrected chi connectivity index (χ1v) is 8.74. The second-order valence-electron chi connectivity index (χ2n) is 6.71. The Labute approximate surface area is 134 Å². The zero-order valence-electron chi connectivity index (χ0n) is 13.3. The van der Waals surface area contributed by atoms with Gasteiger partial charge in [-0.1, -0.05) is 48.6 Å². The van der Waals surface area contributed by atoms with E-state index < -0.39 is 0 Å². The van der Waals surface area contributed by atoms with E-state index in [1.165, 1.54) is 30.4 Å². The van der Waals surface area contributed by atoms with Crippen LogP contribution >= 0.6 is 0 Å². The smallest absolute Gasteiger partial charge is 0.134 e. The predicted octanol–water partition coefficient (Wildman–Crippen LogP) is 5.47. The highest BCUT2D eigenvalue weighted by molar-refractivity contribution is 5.79. The van der Waals surface area contributed by atoms with E-state index >= 15 is 0 Å². The molecule has 1 nitrogen and oxygen atoms in total. The van der Waals surface area contributed by atoms with Crippen molar-refractivity contribution in [1.29, 1.82) is 0 Å². The number of carbonyl (C=O) groups is 1. The van der Waals surface area contributed by atoms with Gasteiger partial charge in [-0.25, -0.2) is 0 Å². The van der Waals surface area contributed by atoms with E-state index in [4.69, 9.17) is 0 Å². The molecule has 2 atom stereocenters. The lowest BCUT2D eigenvalue weighted by Gasteiger charge is -2.25. The van der Waals surface area contributed by atoms with Gasteiger partial charge in [-0.15, -0.1) is 0 Å². The molecule has 0 heterocycles. The molecule has 0 bridgehead atoms. The van der Waals surface area contributed by atoms with E-state index in [9.17, 15) is 4.79 Å². The molecule has 0 aromatic rings. The van der Waals surface area contributed by atoms with Crippen LogP contribution in [0.4, 0.5) is 0 Å². The van der Waals surface area contributed by atoms with Crippen LogP contribution in [0.2, 0.25) is 0 Å². The number of ketones is 1. The van der Waals surface area contributed by atoms with E-state index in [0.717, 1.165) is 25.7 Å². The van der Waals surface area contributed by atoms with Crippen molar-refractivity contribution in [2.24, 2.45) is 11.8 Å². The first-order chi connectivity index (χ1) is 10.8. The number of rotatable bonds is 5. The molecule has 0 aromatic carbocycles. The minimum absolute atomic E-state index is 0.392. The maximum absolute atomic E-state index is 12.5. The van der Waals surface area contributed by atoms with Crippen molar-refractivity contribution in [3.05, 3.63) is 59.8 Å². The Balaban J connectivity index is 1.61. The summed E-state index contributed by atoms with van der Waals surface area (Å²) in [5.74, 6) is 1.32. The maximum atomic E-state index is 12.5. The minimum Gasteiger partial charge on any atom is -0.300 e. The zero-order valence-corrected chi connectivity index (χ0v) is 13.3. The summed E-state index contributed by atoms with van der Waals surface area (Å²) in [4.78, 5) is 12.5. The van der Waals surface area contributed by atoms with Crippen LogP contribution in [0, 0.1) is 11.8 Å². The zero-order chi connectivity index (χ0) is 15.2. The molecule has 3 rings (SSSR count). The maximum Gasteiger partial charge on any atom is 0.134 e. The van der Waals surface area contributed by atoms with Crippen LogP contribution in [0.25, 0.3) is 0 Å². The summed E-state index contributed by atoms with van der Waals surface area (Å²) in [6.45, 7) is 0. The van der Waals surface area contributed by atoms with Crippen molar-refractivity contribution in [2.45, 2.75) is 51.4 Å². The fraction of sp³-hybridized carbons (Fsp3) is 0.476. The van der Waals surface area contributed by atoms with Crippen LogP contribution in [0.5, 0.6) is 0 Å². The predicted molar refractivity (Wildman–Crippen MR) is 92.5 cm³/mol. The van der Waals surface area contributed by atoms with Crippen molar-refractivity contribution >= 4 is 5.78 Å². The molecule has 116 valence electrons. The average Bonchev–Trinajstić information content (AvgIpc) is 2.57. The van der Waals surface area contributed by atoms with E-state index in [1.807, 2.05) is 0 Å². The molecule has 0 N–H and O–H groups in total. The summed E-state index contributed by atoms with van der Waals surface area (Å²) in [6.07, 6.45) is 26.0. The Morgan fingerprint density at radius 3 is 2.73 bits per heavy atom. The molecule has 0 saturated carbocycles. The highest BCUT2D eigenvalue weighted by Gasteiger charge is 2.23. The molecular formula is C21H26O. The monoisotopic (exact) mass is 294 g/mol. The third-order valence-electron chi connectivity index (χ3n) is 4.97. The van der Waals surface area contributed by atoms with E-state index in [1.54, 1.807) is 0 Å². The quantitative estimate of drug-likeness (QED) is 0.614. The van der Waals surface area contributed by atoms with Crippen LogP contribution in [0.1, 0.15) is 51.4 Å². The van der Waals surface area contributed by atoms with Crippen molar-refractivity contribution in [1.82, 2.24) is 0 Å². The topological polar surface area (TPSA) is 17.1 Å². The second kappa shape index (κ2) is 7.58. The summed E-state index contributed by atoms with van der Waals surface area (Å²) in [5.41, 5.74) is 2.83. The third-order valence-corrected chi connectivity index (χ3v) is 4.97. The lowest BCUT2D eigenvalue weighted by atomic mass is 9.79. The van der Waals surface area contributed by atoms with Gasteiger partial charge in [-0.05, 0) is 61.5 Å². The molecule has 3 aliphatic rings. The molecule has 3 aliphatic carbocycles. The summed E-state index contributed by atoms with van der Waals surface area (Å²) >= 11 is 0. The van der Waals surface area contributed by atoms with Gasteiger partial charge in [0.25, 0.3) is 0 Å². The van der Waals surface area contributed by atoms with Gasteiger partial charge in [0.2, 0.25) is 0 Å². The lowest BCUT2D eigenvalue weighted by Crippen LogP contribution is -2.16. The average molecular weight is 294 g/mol. The molecular weight excluding hydrogens is 268 g/mol. The van der Waals surface area contributed by atoms with Gasteiger partial charge in [0.1, 0.15) is 5.78 Å². The SMILES string of the molecule is O=C(CC1C=CCCC1)CC1CC=CC=C1C1=CC=CCC1. The van der Waals surface area contributed by atoms with E-state index in [-0.39, 0.29) is 0 Å². The Bertz CT molecular complexity index is 556. The second-order valence-corrected chi connectivity index (χ2v) is 6.71. The fourth-order valence-electron chi connectivity index (χ4n) is 3.79. The lowest BCUT2D eigenvalue weighted by molar-refractivity contribution is -0.120. The first kappa shape index (κ1) is 15.3. The number of carbonyl (C=O) groups excluding carboxylic acids is 1. The molecule has 1 heteroatoms. The Kier molecular flexibility index (Phi) is 5.26. The fourth-order valence-corrected chi connectivity index (χ4v) is 3.79. The number of allylic oxidation sites excluding steroid dienone is 10. The number of Topliss-reactive ketones (excluding diaryl/α,β-unsaturated/α-hetero) is 1. The van der Waals surface area contributed by atoms with Crippen LogP contribution in [-0.2, 0) is 4.79 Å². The van der Waals surface area contributed by atoms with Crippen molar-refractivity contribution in [3.8, 4) is 0 Å².